The van der Waals surface area contributed by atoms with Crippen LogP contribution in [0.1, 0.15) is 46.3 Å². The Bertz CT molecular complexity index is 1350. The van der Waals surface area contributed by atoms with Crippen LogP contribution in [-0.4, -0.2) is 79.7 Å². The highest BCUT2D eigenvalue weighted by Crippen LogP contribution is 2.36. The van der Waals surface area contributed by atoms with E-state index in [1.165, 1.54) is 17.1 Å². The van der Waals surface area contributed by atoms with E-state index in [1.54, 1.807) is 19.2 Å². The number of fused-ring (bicyclic) bond motifs is 2. The fourth-order valence-corrected chi connectivity index (χ4v) is 5.70. The quantitative estimate of drug-likeness (QED) is 0.547. The number of tetrazole rings is 1. The Kier molecular flexibility index (Phi) is 5.70. The van der Waals surface area contributed by atoms with E-state index >= 15 is 0 Å². The van der Waals surface area contributed by atoms with Crippen LogP contribution in [0.25, 0.3) is 5.82 Å². The number of ether oxygens (including phenoxy) is 1. The molecule has 1 aliphatic carbocycles. The van der Waals surface area contributed by atoms with Gasteiger partial charge < -0.3 is 9.64 Å². The molecule has 36 heavy (non-hydrogen) atoms. The van der Waals surface area contributed by atoms with Crippen LogP contribution in [0.15, 0.2) is 30.7 Å². The van der Waals surface area contributed by atoms with Gasteiger partial charge in [0.25, 0.3) is 0 Å². The van der Waals surface area contributed by atoms with Crippen molar-refractivity contribution in [3.8, 4) is 11.9 Å². The van der Waals surface area contributed by atoms with Crippen LogP contribution in [0.2, 0.25) is 0 Å². The van der Waals surface area contributed by atoms with E-state index in [9.17, 15) is 14.4 Å². The van der Waals surface area contributed by atoms with Crippen LogP contribution < -0.4 is 0 Å². The molecular weight excluding hydrogens is 463 g/mol. The minimum absolute atomic E-state index is 0.0741. The number of aromatic nitrogens is 5. The number of amides is 1. The third-order valence-corrected chi connectivity index (χ3v) is 7.69. The van der Waals surface area contributed by atoms with E-state index in [2.05, 4.69) is 25.4 Å². The van der Waals surface area contributed by atoms with E-state index in [0.29, 0.717) is 37.6 Å². The van der Waals surface area contributed by atoms with Gasteiger partial charge in [0, 0.05) is 32.4 Å². The molecule has 3 atom stereocenters. The number of rotatable bonds is 3. The lowest BCUT2D eigenvalue weighted by Gasteiger charge is -2.46. The summed E-state index contributed by atoms with van der Waals surface area (Å²) < 4.78 is 21.7. The van der Waals surface area contributed by atoms with Crippen molar-refractivity contribution in [2.24, 2.45) is 0 Å². The Balaban J connectivity index is 1.12. The van der Waals surface area contributed by atoms with Gasteiger partial charge in [0.1, 0.15) is 18.2 Å². The second kappa shape index (κ2) is 9.04. The number of carbonyl (C=O) groups excluding carboxylic acids is 1. The smallest absolute Gasteiger partial charge is 0.230 e. The summed E-state index contributed by atoms with van der Waals surface area (Å²) in [7, 11) is 0. The Morgan fingerprint density at radius 2 is 2.14 bits per heavy atom. The molecule has 3 unspecified atom stereocenters. The first-order valence-corrected chi connectivity index (χ1v) is 12.1. The summed E-state index contributed by atoms with van der Waals surface area (Å²) in [6.07, 6.45) is 4.65. The summed E-state index contributed by atoms with van der Waals surface area (Å²) in [6, 6.07) is 7.08. The number of halogens is 1. The molecule has 0 saturated carbocycles. The molecule has 2 saturated heterocycles. The summed E-state index contributed by atoms with van der Waals surface area (Å²) in [4.78, 5) is 22.3. The predicted octanol–water partition coefficient (Wildman–Crippen LogP) is 1.69. The van der Waals surface area contributed by atoms with Crippen LogP contribution in [0.4, 0.5) is 4.39 Å². The van der Waals surface area contributed by atoms with Gasteiger partial charge in [-0.15, -0.1) is 5.10 Å². The van der Waals surface area contributed by atoms with Gasteiger partial charge in [-0.3, -0.25) is 9.69 Å². The predicted molar refractivity (Wildman–Crippen MR) is 124 cm³/mol. The maximum Gasteiger partial charge on any atom is 0.230 e. The summed E-state index contributed by atoms with van der Waals surface area (Å²) in [5.41, 5.74) is 3.65. The minimum atomic E-state index is -0.505. The van der Waals surface area contributed by atoms with Gasteiger partial charge >= 0.3 is 0 Å². The molecule has 2 aromatic heterocycles. The molecular formula is C25H25FN8O2. The van der Waals surface area contributed by atoms with Gasteiger partial charge in [0.05, 0.1) is 30.2 Å². The Morgan fingerprint density at radius 3 is 2.94 bits per heavy atom. The molecule has 1 amide bonds. The van der Waals surface area contributed by atoms with Crippen molar-refractivity contribution < 1.29 is 13.9 Å². The van der Waals surface area contributed by atoms with Crippen molar-refractivity contribution in [3.63, 3.8) is 0 Å². The topological polar surface area (TPSA) is 113 Å². The van der Waals surface area contributed by atoms with E-state index in [-0.39, 0.29) is 29.5 Å². The zero-order valence-corrected chi connectivity index (χ0v) is 19.8. The zero-order valence-electron chi connectivity index (χ0n) is 19.8. The van der Waals surface area contributed by atoms with Crippen LogP contribution in [0.3, 0.4) is 0 Å². The number of benzene rings is 1. The standard InChI is InChI=1S/C25H25FN8O2/c1-15-18(4-5-22(26)20(15)9-27)23-12-32-6-7-33(11-17(32)13-36-23)25(35)19-3-2-16-8-24(28-10-21(16)19)34-14-29-30-31-34/h4-5,8,10,14,17,19,23H,2-3,6-7,11-13H2,1H3. The molecule has 0 bridgehead atoms. The largest absolute Gasteiger partial charge is 0.370 e. The van der Waals surface area contributed by atoms with Gasteiger partial charge in [0.2, 0.25) is 5.91 Å². The van der Waals surface area contributed by atoms with Crippen LogP contribution >= 0.6 is 0 Å². The van der Waals surface area contributed by atoms with Crippen molar-refractivity contribution in [2.45, 2.75) is 37.8 Å². The normalized spacial score (nSPS) is 23.7. The number of pyridine rings is 1. The molecule has 6 rings (SSSR count). The second-order valence-corrected chi connectivity index (χ2v) is 9.59. The molecule has 184 valence electrons. The Labute approximate surface area is 207 Å². The molecule has 2 fully saturated rings. The molecule has 3 aromatic rings. The van der Waals surface area contributed by atoms with Crippen LogP contribution in [0.5, 0.6) is 0 Å². The SMILES string of the molecule is Cc1c(C2CN3CCN(C(=O)C4CCc5cc(-n6cnnn6)ncc54)CC3CO2)ccc(F)c1C#N. The molecule has 1 aromatic carbocycles. The number of aryl methyl sites for hydroxylation is 1. The lowest BCUT2D eigenvalue weighted by atomic mass is 9.95. The number of hydrogen-bond acceptors (Lipinski definition) is 8. The number of nitrogens with zero attached hydrogens (tertiary/aromatic N) is 8. The first-order chi connectivity index (χ1) is 17.5. The summed E-state index contributed by atoms with van der Waals surface area (Å²) in [6.45, 7) is 4.90. The van der Waals surface area contributed by atoms with Gasteiger partial charge in [-0.25, -0.2) is 9.37 Å². The monoisotopic (exact) mass is 488 g/mol. The molecule has 0 spiro atoms. The van der Waals surface area contributed by atoms with E-state index in [4.69, 9.17) is 4.74 Å². The van der Waals surface area contributed by atoms with Crippen molar-refractivity contribution in [1.82, 2.24) is 35.0 Å². The van der Waals surface area contributed by atoms with Gasteiger partial charge in [0.15, 0.2) is 5.82 Å². The van der Waals surface area contributed by atoms with Gasteiger partial charge in [-0.05, 0) is 64.6 Å². The van der Waals surface area contributed by atoms with Crippen LogP contribution in [-0.2, 0) is 16.0 Å². The first kappa shape index (κ1) is 22.7. The molecule has 4 heterocycles. The lowest BCUT2D eigenvalue weighted by molar-refractivity contribution is -0.141. The molecule has 11 heteroatoms. The van der Waals surface area contributed by atoms with Gasteiger partial charge in [-0.1, -0.05) is 6.07 Å². The first-order valence-electron chi connectivity index (χ1n) is 12.1. The van der Waals surface area contributed by atoms with Gasteiger partial charge in [-0.2, -0.15) is 9.94 Å². The highest BCUT2D eigenvalue weighted by Gasteiger charge is 2.39. The number of morpholine rings is 1. The average Bonchev–Trinajstić information content (AvgIpc) is 3.58. The third-order valence-electron chi connectivity index (χ3n) is 7.69. The third kappa shape index (κ3) is 3.83. The highest BCUT2D eigenvalue weighted by atomic mass is 19.1. The van der Waals surface area contributed by atoms with Crippen molar-refractivity contribution in [2.75, 3.05) is 32.8 Å². The average molecular weight is 489 g/mol. The molecule has 0 radical (unpaired) electrons. The van der Waals surface area contributed by atoms with Crippen molar-refractivity contribution in [1.29, 1.82) is 5.26 Å². The lowest BCUT2D eigenvalue weighted by Crippen LogP contribution is -2.60. The number of piperazine rings is 1. The molecule has 2 aliphatic heterocycles. The molecule has 3 aliphatic rings. The zero-order chi connectivity index (χ0) is 24.8. The van der Waals surface area contributed by atoms with E-state index in [0.717, 1.165) is 36.1 Å². The molecule has 0 N–H and O–H groups in total. The van der Waals surface area contributed by atoms with E-state index < -0.39 is 5.82 Å². The van der Waals surface area contributed by atoms with Crippen molar-refractivity contribution in [3.05, 3.63) is 64.4 Å². The Morgan fingerprint density at radius 1 is 1.25 bits per heavy atom. The number of hydrogen-bond donors (Lipinski definition) is 0. The second-order valence-electron chi connectivity index (χ2n) is 9.59. The van der Waals surface area contributed by atoms with Crippen molar-refractivity contribution >= 4 is 5.91 Å². The number of nitriles is 1. The summed E-state index contributed by atoms with van der Waals surface area (Å²) in [5, 5.41) is 20.5. The molecule has 10 nitrogen and oxygen atoms in total. The Hall–Kier alpha value is -3.75. The number of carbonyl (C=O) groups is 1. The maximum absolute atomic E-state index is 14.0. The fourth-order valence-electron chi connectivity index (χ4n) is 5.70. The maximum atomic E-state index is 14.0. The minimum Gasteiger partial charge on any atom is -0.370 e. The summed E-state index contributed by atoms with van der Waals surface area (Å²) in [5.74, 6) is 0.0913. The van der Waals surface area contributed by atoms with Crippen LogP contribution in [0, 0.1) is 24.1 Å². The van der Waals surface area contributed by atoms with E-state index in [1.807, 2.05) is 17.0 Å². The highest BCUT2D eigenvalue weighted by molar-refractivity contribution is 5.85. The fraction of sp³-hybridized carbons (Fsp3) is 0.440. The summed E-state index contributed by atoms with van der Waals surface area (Å²) >= 11 is 0.